The van der Waals surface area contributed by atoms with Gasteiger partial charge in [-0.2, -0.15) is 4.31 Å². The van der Waals surface area contributed by atoms with Gasteiger partial charge in [-0.1, -0.05) is 12.8 Å². The fourth-order valence-corrected chi connectivity index (χ4v) is 6.44. The molecule has 0 aromatic heterocycles. The van der Waals surface area contributed by atoms with Crippen molar-refractivity contribution < 1.29 is 8.42 Å². The van der Waals surface area contributed by atoms with E-state index < -0.39 is 10.0 Å². The molecule has 2 N–H and O–H groups in total. The molecule has 2 unspecified atom stereocenters. The zero-order valence-corrected chi connectivity index (χ0v) is 11.0. The number of hydrogen-bond acceptors (Lipinski definition) is 3. The fraction of sp³-hybridized carbons (Fsp3) is 1.00. The second-order valence-electron chi connectivity index (χ2n) is 5.90. The van der Waals surface area contributed by atoms with Crippen LogP contribution in [0, 0.1) is 0 Å². The molecule has 2 atom stereocenters. The van der Waals surface area contributed by atoms with Crippen molar-refractivity contribution in [2.75, 3.05) is 0 Å². The van der Waals surface area contributed by atoms with Crippen molar-refractivity contribution in [2.45, 2.75) is 74.7 Å². The summed E-state index contributed by atoms with van der Waals surface area (Å²) >= 11 is 0. The molecule has 3 rings (SSSR count). The first kappa shape index (κ1) is 11.9. The molecule has 0 aromatic rings. The number of hydrogen-bond donors (Lipinski definition) is 1. The van der Waals surface area contributed by atoms with Crippen molar-refractivity contribution in [2.24, 2.45) is 5.73 Å². The van der Waals surface area contributed by atoms with Gasteiger partial charge >= 0.3 is 0 Å². The van der Waals surface area contributed by atoms with E-state index in [2.05, 4.69) is 0 Å². The van der Waals surface area contributed by atoms with Gasteiger partial charge in [-0.05, 0) is 38.5 Å². The molecular weight excluding hydrogens is 236 g/mol. The number of piperidine rings is 1. The lowest BCUT2D eigenvalue weighted by atomic mass is 10.0. The smallest absolute Gasteiger partial charge is 0.217 e. The number of nitrogens with two attached hydrogens (primary N) is 1. The van der Waals surface area contributed by atoms with E-state index in [1.165, 1.54) is 0 Å². The molecule has 2 saturated heterocycles. The summed E-state index contributed by atoms with van der Waals surface area (Å²) in [6.07, 6.45) is 7.65. The molecule has 98 valence electrons. The van der Waals surface area contributed by atoms with Gasteiger partial charge in [0.25, 0.3) is 0 Å². The van der Waals surface area contributed by atoms with Crippen molar-refractivity contribution in [3.8, 4) is 0 Å². The number of sulfonamides is 1. The van der Waals surface area contributed by atoms with Crippen LogP contribution in [0.1, 0.15) is 51.4 Å². The Morgan fingerprint density at radius 1 is 0.941 bits per heavy atom. The molecule has 17 heavy (non-hydrogen) atoms. The third-order valence-corrected chi connectivity index (χ3v) is 7.22. The summed E-state index contributed by atoms with van der Waals surface area (Å²) in [4.78, 5) is 0. The zero-order valence-electron chi connectivity index (χ0n) is 10.2. The molecule has 5 heteroatoms. The maximum absolute atomic E-state index is 12.6. The molecule has 2 bridgehead atoms. The molecule has 0 amide bonds. The van der Waals surface area contributed by atoms with Crippen LogP contribution in [0.2, 0.25) is 0 Å². The Morgan fingerprint density at radius 3 is 2.00 bits per heavy atom. The van der Waals surface area contributed by atoms with Crippen molar-refractivity contribution >= 4 is 10.0 Å². The topological polar surface area (TPSA) is 63.4 Å². The highest BCUT2D eigenvalue weighted by Gasteiger charge is 2.48. The predicted molar refractivity (Wildman–Crippen MR) is 67.0 cm³/mol. The monoisotopic (exact) mass is 258 g/mol. The molecule has 4 nitrogen and oxygen atoms in total. The molecule has 0 aromatic carbocycles. The Morgan fingerprint density at radius 2 is 1.47 bits per heavy atom. The molecular formula is C12H22N2O2S. The van der Waals surface area contributed by atoms with Crippen molar-refractivity contribution in [1.82, 2.24) is 4.31 Å². The predicted octanol–water partition coefficient (Wildman–Crippen LogP) is 1.21. The van der Waals surface area contributed by atoms with Gasteiger partial charge in [0.1, 0.15) is 0 Å². The maximum atomic E-state index is 12.6. The average Bonchev–Trinajstić information content (AvgIpc) is 2.86. The van der Waals surface area contributed by atoms with Gasteiger partial charge in [0.05, 0.1) is 5.25 Å². The Kier molecular flexibility index (Phi) is 2.96. The van der Waals surface area contributed by atoms with Crippen molar-refractivity contribution in [3.05, 3.63) is 0 Å². The maximum Gasteiger partial charge on any atom is 0.217 e. The second kappa shape index (κ2) is 4.21. The molecule has 1 saturated carbocycles. The van der Waals surface area contributed by atoms with E-state index in [1.54, 1.807) is 0 Å². The normalized spacial score (nSPS) is 39.9. The van der Waals surface area contributed by atoms with Crippen LogP contribution in [0.5, 0.6) is 0 Å². The second-order valence-corrected chi connectivity index (χ2v) is 8.02. The third-order valence-electron chi connectivity index (χ3n) is 4.72. The Labute approximate surface area is 104 Å². The Balaban J connectivity index is 1.84. The summed E-state index contributed by atoms with van der Waals surface area (Å²) in [5.74, 6) is 0. The van der Waals surface area contributed by atoms with Crippen LogP contribution < -0.4 is 5.73 Å². The highest BCUT2D eigenvalue weighted by Crippen LogP contribution is 2.40. The Hall–Kier alpha value is -0.130. The number of fused-ring (bicyclic) bond motifs is 2. The van der Waals surface area contributed by atoms with Crippen LogP contribution in [-0.2, 0) is 10.0 Å². The number of rotatable bonds is 2. The van der Waals surface area contributed by atoms with E-state index >= 15 is 0 Å². The largest absolute Gasteiger partial charge is 0.328 e. The molecule has 3 fully saturated rings. The van der Waals surface area contributed by atoms with Gasteiger partial charge in [-0.25, -0.2) is 8.42 Å². The third kappa shape index (κ3) is 1.92. The average molecular weight is 258 g/mol. The molecule has 3 aliphatic rings. The lowest BCUT2D eigenvalue weighted by molar-refractivity contribution is 0.225. The van der Waals surface area contributed by atoms with Crippen LogP contribution in [-0.4, -0.2) is 36.1 Å². The minimum Gasteiger partial charge on any atom is -0.328 e. The van der Waals surface area contributed by atoms with E-state index in [1.807, 2.05) is 4.31 Å². The highest BCUT2D eigenvalue weighted by atomic mass is 32.2. The van der Waals surface area contributed by atoms with Gasteiger partial charge in [0.15, 0.2) is 0 Å². The van der Waals surface area contributed by atoms with Crippen LogP contribution in [0.15, 0.2) is 0 Å². The van der Waals surface area contributed by atoms with E-state index in [-0.39, 0.29) is 23.4 Å². The minimum absolute atomic E-state index is 0.0973. The first-order chi connectivity index (χ1) is 8.09. The van der Waals surface area contributed by atoms with Crippen LogP contribution in [0.3, 0.4) is 0 Å². The molecule has 0 radical (unpaired) electrons. The quantitative estimate of drug-likeness (QED) is 0.810. The van der Waals surface area contributed by atoms with Gasteiger partial charge in [-0.15, -0.1) is 0 Å². The zero-order chi connectivity index (χ0) is 12.0. The molecule has 2 heterocycles. The van der Waals surface area contributed by atoms with Gasteiger partial charge in [0.2, 0.25) is 10.0 Å². The summed E-state index contributed by atoms with van der Waals surface area (Å²) in [5, 5.41) is -0.0973. The molecule has 2 aliphatic heterocycles. The van der Waals surface area contributed by atoms with E-state index in [0.717, 1.165) is 51.4 Å². The summed E-state index contributed by atoms with van der Waals surface area (Å²) < 4.78 is 27.1. The first-order valence-corrected chi connectivity index (χ1v) is 8.37. The summed E-state index contributed by atoms with van der Waals surface area (Å²) in [5.41, 5.74) is 5.99. The van der Waals surface area contributed by atoms with Crippen LogP contribution in [0.4, 0.5) is 0 Å². The van der Waals surface area contributed by atoms with Gasteiger partial charge < -0.3 is 5.73 Å². The molecule has 1 aliphatic carbocycles. The van der Waals surface area contributed by atoms with Crippen molar-refractivity contribution in [3.63, 3.8) is 0 Å². The van der Waals surface area contributed by atoms with E-state index in [9.17, 15) is 8.42 Å². The highest BCUT2D eigenvalue weighted by molar-refractivity contribution is 7.89. The minimum atomic E-state index is -3.04. The first-order valence-electron chi connectivity index (χ1n) is 6.87. The van der Waals surface area contributed by atoms with Gasteiger partial charge in [0, 0.05) is 18.1 Å². The standard InChI is InChI=1S/C12H22N2O2S/c13-9-7-10-5-6-11(8-9)14(10)17(15,16)12-3-1-2-4-12/h9-12H,1-8,13H2. The molecule has 0 spiro atoms. The Bertz CT molecular complexity index is 375. The lowest BCUT2D eigenvalue weighted by Gasteiger charge is -2.38. The van der Waals surface area contributed by atoms with Crippen LogP contribution >= 0.6 is 0 Å². The summed E-state index contributed by atoms with van der Waals surface area (Å²) in [6.45, 7) is 0. The SMILES string of the molecule is NC1CC2CCC(C1)N2S(=O)(=O)C1CCCC1. The lowest BCUT2D eigenvalue weighted by Crippen LogP contribution is -2.52. The van der Waals surface area contributed by atoms with E-state index in [4.69, 9.17) is 5.73 Å². The summed E-state index contributed by atoms with van der Waals surface area (Å²) in [6, 6.07) is 0.617. The van der Waals surface area contributed by atoms with Gasteiger partial charge in [-0.3, -0.25) is 0 Å². The van der Waals surface area contributed by atoms with Crippen LogP contribution in [0.25, 0.3) is 0 Å². The number of nitrogens with zero attached hydrogens (tertiary/aromatic N) is 1. The van der Waals surface area contributed by atoms with Crippen molar-refractivity contribution in [1.29, 1.82) is 0 Å². The summed E-state index contributed by atoms with van der Waals surface area (Å²) in [7, 11) is -3.04. The fourth-order valence-electron chi connectivity index (χ4n) is 3.95. The van der Waals surface area contributed by atoms with E-state index in [0.29, 0.717) is 0 Å².